The fourth-order valence-electron chi connectivity index (χ4n) is 8.25. The van der Waals surface area contributed by atoms with Crippen molar-refractivity contribution in [2.45, 2.75) is 43.7 Å². The van der Waals surface area contributed by atoms with E-state index >= 15 is 8.78 Å². The minimum atomic E-state index is -3.57. The van der Waals surface area contributed by atoms with Crippen LogP contribution in [0.4, 0.5) is 36.4 Å². The lowest BCUT2D eigenvalue weighted by atomic mass is 10.0. The fraction of sp³-hybridized carbons (Fsp3) is 0.238. The van der Waals surface area contributed by atoms with Gasteiger partial charge in [0, 0.05) is 37.3 Å². The van der Waals surface area contributed by atoms with Crippen LogP contribution in [-0.2, 0) is 23.7 Å². The van der Waals surface area contributed by atoms with Crippen LogP contribution >= 0.6 is 23.5 Å². The molecule has 1 fully saturated rings. The first kappa shape index (κ1) is 43.2. The van der Waals surface area contributed by atoms with Crippen LogP contribution in [0, 0.1) is 28.8 Å². The maximum absolute atomic E-state index is 15.5. The van der Waals surface area contributed by atoms with Gasteiger partial charge in [0.05, 0.1) is 44.5 Å². The number of halogens is 8. The highest BCUT2D eigenvalue weighted by Crippen LogP contribution is 2.68. The number of nitrogens with one attached hydrogen (secondary N) is 4. The maximum atomic E-state index is 15.5. The number of fused-ring (bicyclic) bond motifs is 4. The van der Waals surface area contributed by atoms with Crippen LogP contribution in [-0.4, -0.2) is 55.5 Å². The number of rotatable bonds is 13. The Kier molecular flexibility index (Phi) is 11.2. The summed E-state index contributed by atoms with van der Waals surface area (Å²) in [5.41, 5.74) is -2.84. The van der Waals surface area contributed by atoms with E-state index in [2.05, 4.69) is 20.5 Å². The Morgan fingerprint density at radius 1 is 1.03 bits per heavy atom. The van der Waals surface area contributed by atoms with Crippen LogP contribution in [0.15, 0.2) is 71.5 Å². The lowest BCUT2D eigenvalue weighted by molar-refractivity contribution is -0.123. The molecule has 2 aliphatic rings. The monoisotopic (exact) mass is 912 g/mol. The van der Waals surface area contributed by atoms with Crippen LogP contribution in [0.3, 0.4) is 0 Å². The van der Waals surface area contributed by atoms with E-state index in [4.69, 9.17) is 22.0 Å². The van der Waals surface area contributed by atoms with Gasteiger partial charge in [-0.1, -0.05) is 35.7 Å². The molecule has 0 spiro atoms. The van der Waals surface area contributed by atoms with E-state index in [1.54, 1.807) is 6.26 Å². The summed E-state index contributed by atoms with van der Waals surface area (Å²) in [6, 6.07) is 11.3. The van der Waals surface area contributed by atoms with Crippen molar-refractivity contribution >= 4 is 57.9 Å². The molecule has 2 aromatic heterocycles. The van der Waals surface area contributed by atoms with Gasteiger partial charge in [0.15, 0.2) is 0 Å². The zero-order chi connectivity index (χ0) is 45.2. The number of alkyl halides is 4. The van der Waals surface area contributed by atoms with Crippen molar-refractivity contribution in [1.29, 1.82) is 5.41 Å². The van der Waals surface area contributed by atoms with Crippen LogP contribution in [0.5, 0.6) is 0 Å². The number of carbonyl (C=O) groups is 2. The van der Waals surface area contributed by atoms with Gasteiger partial charge in [-0.3, -0.25) is 24.2 Å². The molecule has 2 heterocycles. The fourth-order valence-corrected chi connectivity index (χ4v) is 8.80. The van der Waals surface area contributed by atoms with Gasteiger partial charge in [0.25, 0.3) is 17.9 Å². The summed E-state index contributed by atoms with van der Waals surface area (Å²) in [6.07, 6.45) is -2.09. The summed E-state index contributed by atoms with van der Waals surface area (Å²) >= 11 is 7.67. The Morgan fingerprint density at radius 2 is 1.73 bits per heavy atom. The normalized spacial score (nSPS) is 16.4. The predicted molar refractivity (Wildman–Crippen MR) is 221 cm³/mol. The zero-order valence-electron chi connectivity index (χ0n) is 32.7. The topological polar surface area (TPSA) is 167 Å². The first-order valence-corrected chi connectivity index (χ1v) is 20.5. The number of carbonyl (C=O) groups excluding carboxylic acids is 1. The minimum absolute atomic E-state index is 0.0164. The Labute approximate surface area is 361 Å². The van der Waals surface area contributed by atoms with Crippen molar-refractivity contribution in [3.8, 4) is 16.8 Å². The van der Waals surface area contributed by atoms with Gasteiger partial charge in [-0.05, 0) is 77.6 Å². The van der Waals surface area contributed by atoms with Crippen molar-refractivity contribution in [3.05, 3.63) is 139 Å². The van der Waals surface area contributed by atoms with Crippen LogP contribution < -0.4 is 20.9 Å². The number of carboxylic acid groups (broad SMARTS) is 1. The number of hydrogen-bond acceptors (Lipinski definition) is 8. The van der Waals surface area contributed by atoms with Gasteiger partial charge >= 0.3 is 5.97 Å². The summed E-state index contributed by atoms with van der Waals surface area (Å²) in [5.74, 6) is -11.8. The summed E-state index contributed by atoms with van der Waals surface area (Å²) in [6.45, 7) is -1.01. The standard InChI is InChI=1S/C42H32ClF7N8O4S/c1-52-34-30(8-6-26(43)33(34)38(51)56-63-2)58-39(54-28-13-19(3-5-22(28)40(58)60)18-4-7-27(46)24(12-18)41(61)62)29(11-17-9-20(44)14-21(45)10-17)53-31(59)16-57-36-32(35(55-57)37(47)48)23-15-25(23)42(36,49)50/h3-10,12-14,23,25,29,37,52H,11,15-16H2,1-2H3,(H2,51,56)(H,53,59)(H,61,62). The molecule has 326 valence electrons. The second kappa shape index (κ2) is 16.4. The second-order valence-electron chi connectivity index (χ2n) is 14.9. The lowest BCUT2D eigenvalue weighted by Crippen LogP contribution is -2.38. The Balaban J connectivity index is 1.34. The SMILES string of the molecule is CNc1c(-n2c(C(Cc3cc(F)cc(F)c3)NC(=O)Cn3nc(C(F)F)c4c3C(F)(F)C3CC43)nc3cc(-c4ccc(F)c(C(=O)O)c4)ccc3c2=O)ccc(Cl)c1C(=N)NSC. The molecule has 0 saturated heterocycles. The minimum Gasteiger partial charge on any atom is -0.478 e. The number of anilines is 1. The van der Waals surface area contributed by atoms with Crippen molar-refractivity contribution in [1.82, 2.24) is 29.4 Å². The Hall–Kier alpha value is -6.41. The van der Waals surface area contributed by atoms with E-state index in [0.717, 1.165) is 40.8 Å². The summed E-state index contributed by atoms with van der Waals surface area (Å²) < 4.78 is 108. The van der Waals surface area contributed by atoms with E-state index in [0.29, 0.717) is 10.7 Å². The number of aromatic nitrogens is 4. The smallest absolute Gasteiger partial charge is 0.338 e. The van der Waals surface area contributed by atoms with Crippen molar-refractivity contribution in [3.63, 3.8) is 0 Å². The largest absolute Gasteiger partial charge is 0.478 e. The molecule has 0 bridgehead atoms. The quantitative estimate of drug-likeness (QED) is 0.0331. The number of carboxylic acids is 1. The third kappa shape index (κ3) is 7.74. The first-order chi connectivity index (χ1) is 29.9. The third-order valence-corrected chi connectivity index (χ3v) is 11.7. The lowest BCUT2D eigenvalue weighted by Gasteiger charge is -2.25. The highest BCUT2D eigenvalue weighted by Gasteiger charge is 2.67. The van der Waals surface area contributed by atoms with Crippen LogP contribution in [0.25, 0.3) is 27.7 Å². The van der Waals surface area contributed by atoms with E-state index in [1.165, 1.54) is 43.4 Å². The van der Waals surface area contributed by atoms with Gasteiger partial charge < -0.3 is 20.5 Å². The van der Waals surface area contributed by atoms with Crippen LogP contribution in [0.2, 0.25) is 5.02 Å². The molecule has 0 aliphatic heterocycles. The molecule has 21 heteroatoms. The van der Waals surface area contributed by atoms with Gasteiger partial charge in [0.2, 0.25) is 5.91 Å². The Morgan fingerprint density at radius 3 is 2.40 bits per heavy atom. The molecular weight excluding hydrogens is 881 g/mol. The molecule has 1 amide bonds. The maximum Gasteiger partial charge on any atom is 0.338 e. The van der Waals surface area contributed by atoms with E-state index in [1.807, 2.05) is 0 Å². The summed E-state index contributed by atoms with van der Waals surface area (Å²) in [5, 5.41) is 27.6. The predicted octanol–water partition coefficient (Wildman–Crippen LogP) is 8.50. The molecule has 8 rings (SSSR count). The van der Waals surface area contributed by atoms with Gasteiger partial charge in [-0.25, -0.2) is 31.7 Å². The molecule has 4 aromatic carbocycles. The summed E-state index contributed by atoms with van der Waals surface area (Å²) in [7, 11) is 1.48. The van der Waals surface area contributed by atoms with Crippen molar-refractivity contribution in [2.24, 2.45) is 5.92 Å². The number of hydrogen-bond donors (Lipinski definition) is 5. The van der Waals surface area contributed by atoms with E-state index in [-0.39, 0.29) is 73.2 Å². The zero-order valence-corrected chi connectivity index (χ0v) is 34.2. The van der Waals surface area contributed by atoms with Crippen LogP contribution in [0.1, 0.15) is 69.1 Å². The number of aromatic carboxylic acids is 1. The van der Waals surface area contributed by atoms with Crippen molar-refractivity contribution in [2.75, 3.05) is 18.6 Å². The highest BCUT2D eigenvalue weighted by molar-refractivity contribution is 7.97. The molecule has 5 N–H and O–H groups in total. The average Bonchev–Trinajstić information content (AvgIpc) is 3.88. The molecule has 63 heavy (non-hydrogen) atoms. The van der Waals surface area contributed by atoms with Crippen molar-refractivity contribution < 1.29 is 45.4 Å². The summed E-state index contributed by atoms with van der Waals surface area (Å²) in [4.78, 5) is 45.6. The first-order valence-electron chi connectivity index (χ1n) is 18.9. The molecule has 12 nitrogen and oxygen atoms in total. The van der Waals surface area contributed by atoms with Gasteiger partial charge in [0.1, 0.15) is 47.0 Å². The molecule has 0 radical (unpaired) electrons. The number of benzene rings is 4. The molecule has 3 atom stereocenters. The van der Waals surface area contributed by atoms with E-state index in [9.17, 15) is 41.4 Å². The molecule has 2 aliphatic carbocycles. The molecule has 3 unspecified atom stereocenters. The van der Waals surface area contributed by atoms with E-state index < -0.39 is 95.0 Å². The number of amidine groups is 1. The molecular formula is C42H32ClF7N8O4S. The third-order valence-electron chi connectivity index (χ3n) is 11.0. The number of nitrogens with zero attached hydrogens (tertiary/aromatic N) is 4. The number of amides is 1. The molecule has 6 aromatic rings. The highest BCUT2D eigenvalue weighted by atomic mass is 35.5. The molecule has 1 saturated carbocycles. The second-order valence-corrected chi connectivity index (χ2v) is 15.9. The van der Waals surface area contributed by atoms with Gasteiger partial charge in [-0.15, -0.1) is 0 Å². The Bertz CT molecular complexity index is 2940. The van der Waals surface area contributed by atoms with Gasteiger partial charge in [-0.2, -0.15) is 13.9 Å². The average molecular weight is 913 g/mol.